The highest BCUT2D eigenvalue weighted by atomic mass is 32.2. The second-order valence-electron chi connectivity index (χ2n) is 16.0. The van der Waals surface area contributed by atoms with E-state index in [1.165, 1.54) is 64.7 Å². The standard InChI is InChI=1S/C57H35N5S/c1-3-16-38(17-4-1)54-58-55(39-33-31-37(32-34-39)44-25-12-18-36-15-7-8-23-43(36)44)60-56(59-54)41-20-11-19-40(35-41)45-26-13-29-49-53(45)63-50-30-14-27-47-51-46-24-9-10-28-48(46)61(42-21-5-2-6-22-42)57(51)62(49)52(47)50/h1-35H. The van der Waals surface area contributed by atoms with Gasteiger partial charge < -0.3 is 0 Å². The van der Waals surface area contributed by atoms with Crippen LogP contribution in [0.25, 0.3) is 111 Å². The summed E-state index contributed by atoms with van der Waals surface area (Å²) in [7, 11) is 0. The van der Waals surface area contributed by atoms with Crippen LogP contribution in [-0.4, -0.2) is 24.1 Å². The molecule has 0 amide bonds. The van der Waals surface area contributed by atoms with Gasteiger partial charge in [-0.2, -0.15) is 0 Å². The predicted molar refractivity (Wildman–Crippen MR) is 260 cm³/mol. The van der Waals surface area contributed by atoms with E-state index >= 15 is 0 Å². The fraction of sp³-hybridized carbons (Fsp3) is 0. The number of para-hydroxylation sites is 3. The molecule has 5 nitrogen and oxygen atoms in total. The molecule has 12 aromatic rings. The van der Waals surface area contributed by atoms with Crippen molar-refractivity contribution in [2.45, 2.75) is 9.79 Å². The van der Waals surface area contributed by atoms with Crippen LogP contribution in [-0.2, 0) is 0 Å². The number of nitrogens with zero attached hydrogens (tertiary/aromatic N) is 5. The zero-order valence-electron chi connectivity index (χ0n) is 33.9. The van der Waals surface area contributed by atoms with E-state index in [-0.39, 0.29) is 0 Å². The topological polar surface area (TPSA) is 48.5 Å². The number of fused-ring (bicyclic) bond motifs is 8. The number of hydrogen-bond donors (Lipinski definition) is 0. The average molecular weight is 822 g/mol. The summed E-state index contributed by atoms with van der Waals surface area (Å²) in [5, 5.41) is 6.25. The monoisotopic (exact) mass is 821 g/mol. The van der Waals surface area contributed by atoms with Crippen LogP contribution in [0.15, 0.2) is 222 Å². The SMILES string of the molecule is c1ccc(-c2nc(-c3ccc(-c4cccc5ccccc45)cc3)nc(-c3cccc(-c4cccc5c4Sc4cccc6c7c8ccccc8n(-c8ccccc8)c7n-5c46)c3)n2)cc1. The molecule has 0 N–H and O–H groups in total. The van der Waals surface area contributed by atoms with Gasteiger partial charge in [-0.05, 0) is 69.4 Å². The highest BCUT2D eigenvalue weighted by Gasteiger charge is 2.29. The van der Waals surface area contributed by atoms with Crippen LogP contribution in [0.4, 0.5) is 0 Å². The minimum atomic E-state index is 0.628. The normalized spacial score (nSPS) is 12.1. The van der Waals surface area contributed by atoms with Crippen LogP contribution in [0.3, 0.4) is 0 Å². The van der Waals surface area contributed by atoms with Crippen LogP contribution in [0.1, 0.15) is 0 Å². The van der Waals surface area contributed by atoms with Crippen molar-refractivity contribution in [3.63, 3.8) is 0 Å². The average Bonchev–Trinajstić information content (AvgIpc) is 3.88. The van der Waals surface area contributed by atoms with E-state index < -0.39 is 0 Å². The minimum absolute atomic E-state index is 0.628. The molecule has 0 unspecified atom stereocenters. The summed E-state index contributed by atoms with van der Waals surface area (Å²) in [6.07, 6.45) is 0. The Morgan fingerprint density at radius 1 is 0.381 bits per heavy atom. The molecule has 0 atom stereocenters. The summed E-state index contributed by atoms with van der Waals surface area (Å²) in [4.78, 5) is 17.8. The molecule has 0 spiro atoms. The number of hydrogen-bond acceptors (Lipinski definition) is 4. The lowest BCUT2D eigenvalue weighted by atomic mass is 9.97. The third-order valence-electron chi connectivity index (χ3n) is 12.4. The molecule has 0 fully saturated rings. The molecular weight excluding hydrogens is 787 g/mol. The van der Waals surface area contributed by atoms with Crippen LogP contribution < -0.4 is 0 Å². The van der Waals surface area contributed by atoms with Crippen molar-refractivity contribution < 1.29 is 0 Å². The van der Waals surface area contributed by atoms with Crippen LogP contribution >= 0.6 is 11.8 Å². The lowest BCUT2D eigenvalue weighted by Crippen LogP contribution is -2.06. The highest BCUT2D eigenvalue weighted by Crippen LogP contribution is 2.52. The number of rotatable bonds is 6. The summed E-state index contributed by atoms with van der Waals surface area (Å²) in [5.41, 5.74) is 13.3. The zero-order chi connectivity index (χ0) is 41.4. The Labute approximate surface area is 367 Å². The molecule has 13 rings (SSSR count). The smallest absolute Gasteiger partial charge is 0.164 e. The van der Waals surface area contributed by atoms with Crippen molar-refractivity contribution in [3.8, 4) is 67.8 Å². The van der Waals surface area contributed by atoms with E-state index in [1.54, 1.807) is 0 Å². The molecule has 294 valence electrons. The summed E-state index contributed by atoms with van der Waals surface area (Å²) < 4.78 is 4.93. The molecule has 0 saturated heterocycles. The highest BCUT2D eigenvalue weighted by molar-refractivity contribution is 8.00. The van der Waals surface area contributed by atoms with Gasteiger partial charge in [-0.25, -0.2) is 15.0 Å². The molecule has 1 aliphatic rings. The Bertz CT molecular complexity index is 3750. The van der Waals surface area contributed by atoms with Crippen molar-refractivity contribution in [1.29, 1.82) is 0 Å². The first-order valence-electron chi connectivity index (χ1n) is 21.2. The maximum Gasteiger partial charge on any atom is 0.164 e. The Balaban J connectivity index is 0.955. The van der Waals surface area contributed by atoms with Gasteiger partial charge in [0.2, 0.25) is 0 Å². The van der Waals surface area contributed by atoms with E-state index in [0.29, 0.717) is 17.5 Å². The van der Waals surface area contributed by atoms with E-state index in [1.807, 2.05) is 30.0 Å². The molecule has 6 heteroatoms. The number of benzene rings is 9. The molecule has 0 radical (unpaired) electrons. The lowest BCUT2D eigenvalue weighted by molar-refractivity contribution is 1.03. The molecule has 1 aliphatic heterocycles. The second kappa shape index (κ2) is 14.3. The molecule has 9 aromatic carbocycles. The maximum absolute atomic E-state index is 5.18. The van der Waals surface area contributed by atoms with Gasteiger partial charge >= 0.3 is 0 Å². The molecule has 0 saturated carbocycles. The molecule has 63 heavy (non-hydrogen) atoms. The summed E-state index contributed by atoms with van der Waals surface area (Å²) in [5.74, 6) is 1.90. The maximum atomic E-state index is 5.18. The first-order chi connectivity index (χ1) is 31.2. The van der Waals surface area contributed by atoms with Crippen molar-refractivity contribution in [1.82, 2.24) is 24.1 Å². The fourth-order valence-corrected chi connectivity index (χ4v) is 10.7. The van der Waals surface area contributed by atoms with Gasteiger partial charge in [0.05, 0.1) is 16.7 Å². The van der Waals surface area contributed by atoms with E-state index in [0.717, 1.165) is 39.1 Å². The van der Waals surface area contributed by atoms with Gasteiger partial charge in [-0.3, -0.25) is 9.13 Å². The largest absolute Gasteiger partial charge is 0.295 e. The Morgan fingerprint density at radius 3 is 1.78 bits per heavy atom. The first kappa shape index (κ1) is 35.7. The van der Waals surface area contributed by atoms with E-state index in [2.05, 4.69) is 203 Å². The van der Waals surface area contributed by atoms with Crippen molar-refractivity contribution >= 4 is 55.4 Å². The minimum Gasteiger partial charge on any atom is -0.295 e. The van der Waals surface area contributed by atoms with Crippen LogP contribution in [0.5, 0.6) is 0 Å². The molecule has 3 aromatic heterocycles. The van der Waals surface area contributed by atoms with Gasteiger partial charge in [0.25, 0.3) is 0 Å². The fourth-order valence-electron chi connectivity index (χ4n) is 9.52. The van der Waals surface area contributed by atoms with Crippen LogP contribution in [0.2, 0.25) is 0 Å². The van der Waals surface area contributed by atoms with Crippen molar-refractivity contribution in [3.05, 3.63) is 212 Å². The number of aromatic nitrogens is 5. The molecule has 4 heterocycles. The summed E-state index contributed by atoms with van der Waals surface area (Å²) in [6, 6.07) is 75.4. The van der Waals surface area contributed by atoms with Gasteiger partial charge in [0, 0.05) is 48.3 Å². The van der Waals surface area contributed by atoms with Crippen LogP contribution in [0, 0.1) is 0 Å². The first-order valence-corrected chi connectivity index (χ1v) is 22.0. The van der Waals surface area contributed by atoms with Gasteiger partial charge in [-0.15, -0.1) is 0 Å². The van der Waals surface area contributed by atoms with Gasteiger partial charge in [-0.1, -0.05) is 188 Å². The van der Waals surface area contributed by atoms with Gasteiger partial charge in [0.15, 0.2) is 17.5 Å². The van der Waals surface area contributed by atoms with E-state index in [9.17, 15) is 0 Å². The third-order valence-corrected chi connectivity index (χ3v) is 13.5. The Morgan fingerprint density at radius 2 is 0.952 bits per heavy atom. The third kappa shape index (κ3) is 5.69. The Kier molecular flexibility index (Phi) is 8.08. The lowest BCUT2D eigenvalue weighted by Gasteiger charge is -2.23. The second-order valence-corrected chi connectivity index (χ2v) is 17.0. The van der Waals surface area contributed by atoms with Crippen molar-refractivity contribution in [2.24, 2.45) is 0 Å². The van der Waals surface area contributed by atoms with E-state index in [4.69, 9.17) is 15.0 Å². The quantitative estimate of drug-likeness (QED) is 0.168. The Hall–Kier alpha value is -8.06. The molecule has 0 bridgehead atoms. The van der Waals surface area contributed by atoms with Gasteiger partial charge in [0.1, 0.15) is 5.65 Å². The summed E-state index contributed by atoms with van der Waals surface area (Å²) in [6.45, 7) is 0. The molecule has 0 aliphatic carbocycles. The van der Waals surface area contributed by atoms with Crippen molar-refractivity contribution in [2.75, 3.05) is 0 Å². The molecular formula is C57H35N5S. The summed E-state index contributed by atoms with van der Waals surface area (Å²) >= 11 is 1.85. The zero-order valence-corrected chi connectivity index (χ0v) is 34.7. The predicted octanol–water partition coefficient (Wildman–Crippen LogP) is 14.9.